The Morgan fingerprint density at radius 3 is 2.86 bits per heavy atom. The van der Waals surface area contributed by atoms with Crippen LogP contribution in [0.5, 0.6) is 0 Å². The van der Waals surface area contributed by atoms with Crippen molar-refractivity contribution in [3.8, 4) is 0 Å². The van der Waals surface area contributed by atoms with Gasteiger partial charge in [-0.3, -0.25) is 4.79 Å². The summed E-state index contributed by atoms with van der Waals surface area (Å²) in [4.78, 5) is 14.3. The van der Waals surface area contributed by atoms with E-state index in [0.717, 1.165) is 32.2 Å². The Balaban J connectivity index is 0.00000220. The molecule has 3 nitrogen and oxygen atoms in total. The van der Waals surface area contributed by atoms with Crippen LogP contribution in [-0.2, 0) is 11.2 Å². The van der Waals surface area contributed by atoms with Gasteiger partial charge in [0.2, 0.25) is 5.91 Å². The Hall–Kier alpha value is -0.840. The average molecular weight is 335 g/mol. The molecular weight excluding hydrogens is 314 g/mol. The maximum atomic E-state index is 13.7. The Morgan fingerprint density at radius 2 is 2.19 bits per heavy atom. The summed E-state index contributed by atoms with van der Waals surface area (Å²) in [5.41, 5.74) is 5.89. The van der Waals surface area contributed by atoms with E-state index in [1.54, 1.807) is 12.1 Å². The SMILES string of the molecule is Cl.NCCC1CCCCN1C(=O)Cc1c(F)cccc1Cl. The Bertz CT molecular complexity index is 462. The van der Waals surface area contributed by atoms with E-state index in [2.05, 4.69) is 0 Å². The highest BCUT2D eigenvalue weighted by atomic mass is 35.5. The van der Waals surface area contributed by atoms with E-state index in [-0.39, 0.29) is 36.3 Å². The maximum Gasteiger partial charge on any atom is 0.227 e. The zero-order chi connectivity index (χ0) is 14.5. The van der Waals surface area contributed by atoms with Crippen molar-refractivity contribution in [2.75, 3.05) is 13.1 Å². The zero-order valence-corrected chi connectivity index (χ0v) is 13.4. The summed E-state index contributed by atoms with van der Waals surface area (Å²) in [6, 6.07) is 4.68. The molecule has 1 saturated heterocycles. The van der Waals surface area contributed by atoms with Crippen LogP contribution in [0.25, 0.3) is 0 Å². The van der Waals surface area contributed by atoms with Crippen LogP contribution < -0.4 is 5.73 Å². The van der Waals surface area contributed by atoms with E-state index < -0.39 is 5.82 Å². The first-order valence-corrected chi connectivity index (χ1v) is 7.43. The van der Waals surface area contributed by atoms with Gasteiger partial charge in [0, 0.05) is 23.2 Å². The largest absolute Gasteiger partial charge is 0.339 e. The summed E-state index contributed by atoms with van der Waals surface area (Å²) in [6.07, 6.45) is 3.92. The lowest BCUT2D eigenvalue weighted by Crippen LogP contribution is -2.45. The lowest BCUT2D eigenvalue weighted by Gasteiger charge is -2.36. The fourth-order valence-corrected chi connectivity index (χ4v) is 3.01. The molecule has 1 atom stereocenters. The molecule has 2 rings (SSSR count). The molecule has 1 heterocycles. The van der Waals surface area contributed by atoms with E-state index in [1.807, 2.05) is 4.90 Å². The minimum absolute atomic E-state index is 0. The van der Waals surface area contributed by atoms with Crippen LogP contribution in [0, 0.1) is 5.82 Å². The highest BCUT2D eigenvalue weighted by Gasteiger charge is 2.26. The number of piperidine rings is 1. The molecule has 1 aromatic carbocycles. The first-order valence-electron chi connectivity index (χ1n) is 7.06. The third kappa shape index (κ3) is 4.56. The molecule has 6 heteroatoms. The van der Waals surface area contributed by atoms with Crippen molar-refractivity contribution in [3.63, 3.8) is 0 Å². The Morgan fingerprint density at radius 1 is 1.43 bits per heavy atom. The second-order valence-electron chi connectivity index (χ2n) is 5.19. The molecule has 21 heavy (non-hydrogen) atoms. The van der Waals surface area contributed by atoms with Crippen LogP contribution in [0.15, 0.2) is 18.2 Å². The summed E-state index contributed by atoms with van der Waals surface area (Å²) in [5.74, 6) is -0.478. The van der Waals surface area contributed by atoms with Crippen LogP contribution in [0.3, 0.4) is 0 Å². The van der Waals surface area contributed by atoms with Crippen LogP contribution in [0.2, 0.25) is 5.02 Å². The predicted octanol–water partition coefficient (Wildman–Crippen LogP) is 3.17. The zero-order valence-electron chi connectivity index (χ0n) is 11.9. The van der Waals surface area contributed by atoms with Crippen molar-refractivity contribution >= 4 is 29.9 Å². The van der Waals surface area contributed by atoms with Crippen molar-refractivity contribution in [2.45, 2.75) is 38.1 Å². The van der Waals surface area contributed by atoms with Gasteiger partial charge in [-0.25, -0.2) is 4.39 Å². The average Bonchev–Trinajstić information content (AvgIpc) is 2.44. The number of rotatable bonds is 4. The van der Waals surface area contributed by atoms with Crippen molar-refractivity contribution in [3.05, 3.63) is 34.6 Å². The van der Waals surface area contributed by atoms with Gasteiger partial charge in [-0.15, -0.1) is 12.4 Å². The van der Waals surface area contributed by atoms with E-state index in [4.69, 9.17) is 17.3 Å². The van der Waals surface area contributed by atoms with Gasteiger partial charge < -0.3 is 10.6 Å². The second-order valence-corrected chi connectivity index (χ2v) is 5.60. The summed E-state index contributed by atoms with van der Waals surface area (Å²) < 4.78 is 13.7. The molecule has 0 aromatic heterocycles. The first kappa shape index (κ1) is 18.2. The summed E-state index contributed by atoms with van der Waals surface area (Å²) >= 11 is 5.98. The summed E-state index contributed by atoms with van der Waals surface area (Å²) in [7, 11) is 0. The highest BCUT2D eigenvalue weighted by molar-refractivity contribution is 6.31. The van der Waals surface area contributed by atoms with Gasteiger partial charge in [-0.05, 0) is 44.4 Å². The maximum absolute atomic E-state index is 13.7. The van der Waals surface area contributed by atoms with Gasteiger partial charge in [0.25, 0.3) is 0 Å². The molecule has 1 amide bonds. The van der Waals surface area contributed by atoms with Gasteiger partial charge in [-0.1, -0.05) is 17.7 Å². The lowest BCUT2D eigenvalue weighted by atomic mass is 9.98. The van der Waals surface area contributed by atoms with E-state index in [1.165, 1.54) is 6.07 Å². The van der Waals surface area contributed by atoms with E-state index in [9.17, 15) is 9.18 Å². The third-order valence-electron chi connectivity index (χ3n) is 3.84. The number of halogens is 3. The van der Waals surface area contributed by atoms with Crippen LogP contribution in [0.4, 0.5) is 4.39 Å². The van der Waals surface area contributed by atoms with Crippen molar-refractivity contribution in [2.24, 2.45) is 5.73 Å². The molecule has 0 radical (unpaired) electrons. The molecule has 118 valence electrons. The third-order valence-corrected chi connectivity index (χ3v) is 4.19. The quantitative estimate of drug-likeness (QED) is 0.919. The second kappa shape index (κ2) is 8.57. The number of carbonyl (C=O) groups is 1. The molecule has 1 unspecified atom stereocenters. The Kier molecular flexibility index (Phi) is 7.43. The normalized spacial score (nSPS) is 18.2. The number of benzene rings is 1. The fraction of sp³-hybridized carbons (Fsp3) is 0.533. The molecule has 2 N–H and O–H groups in total. The summed E-state index contributed by atoms with van der Waals surface area (Å²) in [6.45, 7) is 1.30. The fourth-order valence-electron chi connectivity index (χ4n) is 2.78. The molecule has 1 aliphatic rings. The number of amides is 1. The van der Waals surface area contributed by atoms with Gasteiger partial charge in [0.05, 0.1) is 6.42 Å². The van der Waals surface area contributed by atoms with Gasteiger partial charge in [0.15, 0.2) is 0 Å². The molecule has 1 aliphatic heterocycles. The highest BCUT2D eigenvalue weighted by Crippen LogP contribution is 2.24. The van der Waals surface area contributed by atoms with Gasteiger partial charge in [-0.2, -0.15) is 0 Å². The standard InChI is InChI=1S/C15H20ClFN2O.ClH/c16-13-5-3-6-14(17)12(13)10-15(20)19-9-2-1-4-11(19)7-8-18;/h3,5-6,11H,1-2,4,7-10,18H2;1H. The van der Waals surface area contributed by atoms with Crippen LogP contribution >= 0.6 is 24.0 Å². The number of hydrogen-bond acceptors (Lipinski definition) is 2. The monoisotopic (exact) mass is 334 g/mol. The van der Waals surface area contributed by atoms with E-state index >= 15 is 0 Å². The van der Waals surface area contributed by atoms with Crippen molar-refractivity contribution < 1.29 is 9.18 Å². The number of likely N-dealkylation sites (tertiary alicyclic amines) is 1. The molecule has 0 bridgehead atoms. The van der Waals surface area contributed by atoms with Gasteiger partial charge in [0.1, 0.15) is 5.82 Å². The van der Waals surface area contributed by atoms with Crippen LogP contribution in [-0.4, -0.2) is 29.9 Å². The molecule has 0 spiro atoms. The van der Waals surface area contributed by atoms with E-state index in [0.29, 0.717) is 11.6 Å². The first-order chi connectivity index (χ1) is 9.63. The topological polar surface area (TPSA) is 46.3 Å². The van der Waals surface area contributed by atoms with Gasteiger partial charge >= 0.3 is 0 Å². The van der Waals surface area contributed by atoms with Crippen LogP contribution in [0.1, 0.15) is 31.2 Å². The molecule has 0 saturated carbocycles. The number of carbonyl (C=O) groups excluding carboxylic acids is 1. The number of hydrogen-bond donors (Lipinski definition) is 1. The molecule has 1 aromatic rings. The molecule has 1 fully saturated rings. The number of nitrogens with zero attached hydrogens (tertiary/aromatic N) is 1. The van der Waals surface area contributed by atoms with Crippen molar-refractivity contribution in [1.29, 1.82) is 0 Å². The Labute approximate surface area is 136 Å². The lowest BCUT2D eigenvalue weighted by molar-refractivity contribution is -0.134. The summed E-state index contributed by atoms with van der Waals surface area (Å²) in [5, 5.41) is 0.311. The predicted molar refractivity (Wildman–Crippen MR) is 85.4 cm³/mol. The minimum atomic E-state index is -0.418. The van der Waals surface area contributed by atoms with Crippen molar-refractivity contribution in [1.82, 2.24) is 4.90 Å². The molecular formula is C15H21Cl2FN2O. The number of nitrogens with two attached hydrogens (primary N) is 1. The molecule has 0 aliphatic carbocycles. The smallest absolute Gasteiger partial charge is 0.227 e. The minimum Gasteiger partial charge on any atom is -0.339 e.